The number of rotatable bonds is 4. The summed E-state index contributed by atoms with van der Waals surface area (Å²) in [5.74, 6) is 0. The maximum Gasteiger partial charge on any atom is 0.325 e. The highest BCUT2D eigenvalue weighted by Gasteiger charge is 1.95. The minimum absolute atomic E-state index is 0.200. The van der Waals surface area contributed by atoms with Gasteiger partial charge in [0, 0.05) is 6.07 Å². The van der Waals surface area contributed by atoms with E-state index in [4.69, 9.17) is 4.74 Å². The molecule has 0 spiro atoms. The molecule has 0 fully saturated rings. The molecule has 0 bridgehead atoms. The maximum absolute atomic E-state index is 10.8. The van der Waals surface area contributed by atoms with E-state index in [0.29, 0.717) is 12.3 Å². The molecule has 5 nitrogen and oxygen atoms in total. The molecule has 0 saturated carbocycles. The van der Waals surface area contributed by atoms with Crippen molar-refractivity contribution < 1.29 is 4.74 Å². The van der Waals surface area contributed by atoms with Gasteiger partial charge < -0.3 is 9.72 Å². The number of hydrogen-bond acceptors (Lipinski definition) is 3. The van der Waals surface area contributed by atoms with Gasteiger partial charge >= 0.3 is 5.69 Å². The zero-order valence-corrected chi connectivity index (χ0v) is 7.00. The fourth-order valence-corrected chi connectivity index (χ4v) is 0.849. The zero-order chi connectivity index (χ0) is 9.68. The minimum atomic E-state index is -0.523. The molecule has 13 heavy (non-hydrogen) atoms. The SMILES string of the molecule is C=CCOCc1cc(=O)[nH]c(=O)[nH]1. The number of aromatic nitrogens is 2. The highest BCUT2D eigenvalue weighted by molar-refractivity contribution is 4.96. The Labute approximate surface area is 74.1 Å². The lowest BCUT2D eigenvalue weighted by molar-refractivity contribution is 0.145. The molecule has 1 rings (SSSR count). The van der Waals surface area contributed by atoms with Crippen molar-refractivity contribution in [3.63, 3.8) is 0 Å². The van der Waals surface area contributed by atoms with Crippen molar-refractivity contribution in [1.82, 2.24) is 9.97 Å². The van der Waals surface area contributed by atoms with Crippen molar-refractivity contribution in [3.05, 3.63) is 45.3 Å². The summed E-state index contributed by atoms with van der Waals surface area (Å²) in [6.07, 6.45) is 1.59. The largest absolute Gasteiger partial charge is 0.371 e. The summed E-state index contributed by atoms with van der Waals surface area (Å²) in [4.78, 5) is 26.0. The quantitative estimate of drug-likeness (QED) is 0.498. The van der Waals surface area contributed by atoms with Gasteiger partial charge in [0.25, 0.3) is 5.56 Å². The van der Waals surface area contributed by atoms with Crippen LogP contribution in [0.4, 0.5) is 0 Å². The van der Waals surface area contributed by atoms with Crippen LogP contribution >= 0.6 is 0 Å². The second-order valence-electron chi connectivity index (χ2n) is 2.42. The van der Waals surface area contributed by atoms with E-state index >= 15 is 0 Å². The van der Waals surface area contributed by atoms with Crippen LogP contribution in [0.5, 0.6) is 0 Å². The van der Waals surface area contributed by atoms with E-state index in [1.54, 1.807) is 6.08 Å². The van der Waals surface area contributed by atoms with E-state index < -0.39 is 11.2 Å². The molecule has 1 heterocycles. The van der Waals surface area contributed by atoms with Crippen LogP contribution in [0.25, 0.3) is 0 Å². The van der Waals surface area contributed by atoms with E-state index in [-0.39, 0.29) is 6.61 Å². The van der Waals surface area contributed by atoms with Gasteiger partial charge in [-0.1, -0.05) is 6.08 Å². The van der Waals surface area contributed by atoms with Gasteiger partial charge in [-0.2, -0.15) is 0 Å². The van der Waals surface area contributed by atoms with Gasteiger partial charge in [0.15, 0.2) is 0 Å². The molecule has 0 atom stereocenters. The number of H-pyrrole nitrogens is 2. The van der Waals surface area contributed by atoms with Gasteiger partial charge in [-0.3, -0.25) is 9.78 Å². The van der Waals surface area contributed by atoms with E-state index in [2.05, 4.69) is 16.5 Å². The molecule has 0 amide bonds. The Kier molecular flexibility index (Phi) is 3.22. The van der Waals surface area contributed by atoms with Crippen molar-refractivity contribution >= 4 is 0 Å². The van der Waals surface area contributed by atoms with E-state index in [1.807, 2.05) is 0 Å². The Hall–Kier alpha value is -1.62. The van der Waals surface area contributed by atoms with Crippen LogP contribution in [0.2, 0.25) is 0 Å². The van der Waals surface area contributed by atoms with Crippen LogP contribution in [0, 0.1) is 0 Å². The fourth-order valence-electron chi connectivity index (χ4n) is 0.849. The molecule has 5 heteroatoms. The van der Waals surface area contributed by atoms with Gasteiger partial charge in [0.2, 0.25) is 0 Å². The first-order valence-corrected chi connectivity index (χ1v) is 3.73. The predicted molar refractivity (Wildman–Crippen MR) is 47.5 cm³/mol. The third kappa shape index (κ3) is 3.08. The first-order valence-electron chi connectivity index (χ1n) is 3.73. The van der Waals surface area contributed by atoms with Crippen LogP contribution in [-0.4, -0.2) is 16.6 Å². The normalized spacial score (nSPS) is 9.85. The van der Waals surface area contributed by atoms with Gasteiger partial charge in [-0.15, -0.1) is 6.58 Å². The average molecular weight is 182 g/mol. The lowest BCUT2D eigenvalue weighted by Crippen LogP contribution is -2.23. The van der Waals surface area contributed by atoms with Gasteiger partial charge in [0.1, 0.15) is 0 Å². The highest BCUT2D eigenvalue weighted by Crippen LogP contribution is 1.89. The molecule has 0 aliphatic heterocycles. The molecule has 1 aromatic heterocycles. The summed E-state index contributed by atoms with van der Waals surface area (Å²) in [5, 5.41) is 0. The van der Waals surface area contributed by atoms with Gasteiger partial charge in [0.05, 0.1) is 18.9 Å². The van der Waals surface area contributed by atoms with Crippen LogP contribution in [-0.2, 0) is 11.3 Å². The summed E-state index contributed by atoms with van der Waals surface area (Å²) in [5.41, 5.74) is -0.499. The second kappa shape index (κ2) is 4.42. The molecule has 1 aromatic rings. The summed E-state index contributed by atoms with van der Waals surface area (Å²) < 4.78 is 5.04. The van der Waals surface area contributed by atoms with Gasteiger partial charge in [-0.05, 0) is 0 Å². The molecule has 0 aliphatic rings. The van der Waals surface area contributed by atoms with Crippen molar-refractivity contribution in [1.29, 1.82) is 0 Å². The molecule has 0 unspecified atom stereocenters. The minimum Gasteiger partial charge on any atom is -0.371 e. The monoisotopic (exact) mass is 182 g/mol. The molecule has 2 N–H and O–H groups in total. The summed E-state index contributed by atoms with van der Waals surface area (Å²) in [7, 11) is 0. The fraction of sp³-hybridized carbons (Fsp3) is 0.250. The third-order valence-electron chi connectivity index (χ3n) is 1.31. The Morgan fingerprint density at radius 2 is 2.23 bits per heavy atom. The third-order valence-corrected chi connectivity index (χ3v) is 1.31. The standard InChI is InChI=1S/C8H10N2O3/c1-2-3-13-5-6-4-7(11)10-8(12)9-6/h2,4H,1,3,5H2,(H2,9,10,11,12). The van der Waals surface area contributed by atoms with E-state index in [0.717, 1.165) is 0 Å². The molecule has 0 radical (unpaired) electrons. The number of ether oxygens (including phenoxy) is 1. The summed E-state index contributed by atoms with van der Waals surface area (Å²) in [6, 6.07) is 1.28. The molecule has 0 saturated heterocycles. The van der Waals surface area contributed by atoms with Crippen molar-refractivity contribution in [3.8, 4) is 0 Å². The molecular formula is C8H10N2O3. The van der Waals surface area contributed by atoms with E-state index in [9.17, 15) is 9.59 Å². The smallest absolute Gasteiger partial charge is 0.325 e. The van der Waals surface area contributed by atoms with Crippen molar-refractivity contribution in [2.24, 2.45) is 0 Å². The van der Waals surface area contributed by atoms with Crippen molar-refractivity contribution in [2.75, 3.05) is 6.61 Å². The van der Waals surface area contributed by atoms with E-state index in [1.165, 1.54) is 6.07 Å². The van der Waals surface area contributed by atoms with Crippen LogP contribution < -0.4 is 11.2 Å². The van der Waals surface area contributed by atoms with Crippen molar-refractivity contribution in [2.45, 2.75) is 6.61 Å². The maximum atomic E-state index is 10.8. The summed E-state index contributed by atoms with van der Waals surface area (Å²) >= 11 is 0. The molecular weight excluding hydrogens is 172 g/mol. The lowest BCUT2D eigenvalue weighted by Gasteiger charge is -1.99. The second-order valence-corrected chi connectivity index (χ2v) is 2.42. The Morgan fingerprint density at radius 3 is 2.85 bits per heavy atom. The Morgan fingerprint density at radius 1 is 1.46 bits per heavy atom. The number of hydrogen-bond donors (Lipinski definition) is 2. The molecule has 0 aromatic carbocycles. The number of aromatic amines is 2. The average Bonchev–Trinajstić information content (AvgIpc) is 2.03. The highest BCUT2D eigenvalue weighted by atomic mass is 16.5. The van der Waals surface area contributed by atoms with Crippen LogP contribution in [0.3, 0.4) is 0 Å². The first-order chi connectivity index (χ1) is 6.22. The Bertz CT molecular complexity index is 363. The first kappa shape index (κ1) is 9.47. The lowest BCUT2D eigenvalue weighted by atomic mass is 10.4. The molecule has 70 valence electrons. The predicted octanol–water partition coefficient (Wildman–Crippen LogP) is -0.234. The number of nitrogens with one attached hydrogen (secondary N) is 2. The zero-order valence-electron chi connectivity index (χ0n) is 7.00. The molecule has 0 aliphatic carbocycles. The topological polar surface area (TPSA) is 75.0 Å². The summed E-state index contributed by atoms with van der Waals surface area (Å²) in [6.45, 7) is 4.05. The van der Waals surface area contributed by atoms with Crippen LogP contribution in [0.1, 0.15) is 5.69 Å². The Balaban J connectivity index is 2.72. The van der Waals surface area contributed by atoms with Crippen LogP contribution in [0.15, 0.2) is 28.3 Å². The van der Waals surface area contributed by atoms with Gasteiger partial charge in [-0.25, -0.2) is 4.79 Å².